The molecule has 0 saturated heterocycles. The Balaban J connectivity index is 1.96. The van der Waals surface area contributed by atoms with Crippen molar-refractivity contribution in [2.75, 3.05) is 11.5 Å². The lowest BCUT2D eigenvalue weighted by Crippen LogP contribution is -2.29. The van der Waals surface area contributed by atoms with Gasteiger partial charge in [0.15, 0.2) is 0 Å². The average molecular weight is 284 g/mol. The second kappa shape index (κ2) is 3.92. The lowest BCUT2D eigenvalue weighted by Gasteiger charge is -2.43. The van der Waals surface area contributed by atoms with Crippen molar-refractivity contribution in [1.82, 2.24) is 0 Å². The fourth-order valence-electron chi connectivity index (χ4n) is 4.37. The van der Waals surface area contributed by atoms with E-state index in [4.69, 9.17) is 11.5 Å². The Morgan fingerprint density at radius 1 is 0.500 bits per heavy atom. The molecule has 106 valence electrons. The molecular formula is C20H16N2. The Kier molecular flexibility index (Phi) is 2.11. The van der Waals surface area contributed by atoms with E-state index in [-0.39, 0.29) is 11.8 Å². The molecule has 0 atom stereocenters. The van der Waals surface area contributed by atoms with Gasteiger partial charge in [0.1, 0.15) is 0 Å². The summed E-state index contributed by atoms with van der Waals surface area (Å²) < 4.78 is 0. The molecule has 3 aromatic carbocycles. The summed E-state index contributed by atoms with van der Waals surface area (Å²) in [5, 5.41) is 0. The molecule has 0 amide bonds. The smallest absolute Gasteiger partial charge is 0.0389 e. The molecule has 0 fully saturated rings. The summed E-state index contributed by atoms with van der Waals surface area (Å²) in [6.45, 7) is 0. The molecular weight excluding hydrogens is 268 g/mol. The fourth-order valence-corrected chi connectivity index (χ4v) is 4.37. The number of benzene rings is 3. The van der Waals surface area contributed by atoms with Crippen LogP contribution in [0.1, 0.15) is 45.2 Å². The Labute approximate surface area is 129 Å². The lowest BCUT2D eigenvalue weighted by atomic mass is 9.60. The van der Waals surface area contributed by atoms with Gasteiger partial charge in [0, 0.05) is 23.2 Å². The number of anilines is 2. The van der Waals surface area contributed by atoms with Gasteiger partial charge in [-0.15, -0.1) is 0 Å². The van der Waals surface area contributed by atoms with Crippen LogP contribution in [0.4, 0.5) is 11.4 Å². The van der Waals surface area contributed by atoms with E-state index < -0.39 is 0 Å². The largest absolute Gasteiger partial charge is 0.398 e. The molecule has 0 heterocycles. The van der Waals surface area contributed by atoms with Crippen LogP contribution in [-0.2, 0) is 0 Å². The Morgan fingerprint density at radius 3 is 1.50 bits per heavy atom. The maximum Gasteiger partial charge on any atom is 0.0389 e. The van der Waals surface area contributed by atoms with E-state index in [9.17, 15) is 0 Å². The molecule has 0 spiro atoms. The third-order valence-electron chi connectivity index (χ3n) is 5.16. The second-order valence-corrected chi connectivity index (χ2v) is 6.20. The average Bonchev–Trinajstić information content (AvgIpc) is 2.55. The van der Waals surface area contributed by atoms with E-state index in [0.717, 1.165) is 11.4 Å². The van der Waals surface area contributed by atoms with E-state index in [1.54, 1.807) is 0 Å². The van der Waals surface area contributed by atoms with Crippen molar-refractivity contribution in [1.29, 1.82) is 0 Å². The third kappa shape index (κ3) is 1.26. The highest BCUT2D eigenvalue weighted by Crippen LogP contribution is 2.58. The quantitative estimate of drug-likeness (QED) is 0.424. The van der Waals surface area contributed by atoms with Gasteiger partial charge < -0.3 is 11.5 Å². The van der Waals surface area contributed by atoms with Crippen LogP contribution in [-0.4, -0.2) is 0 Å². The lowest BCUT2D eigenvalue weighted by molar-refractivity contribution is 0.759. The summed E-state index contributed by atoms with van der Waals surface area (Å²) in [6, 6.07) is 21.2. The fraction of sp³-hybridized carbons (Fsp3) is 0.100. The van der Waals surface area contributed by atoms with Crippen LogP contribution in [0.3, 0.4) is 0 Å². The first-order valence-electron chi connectivity index (χ1n) is 7.62. The molecule has 3 aliphatic rings. The molecule has 6 rings (SSSR count). The van der Waals surface area contributed by atoms with Crippen molar-refractivity contribution >= 4 is 11.4 Å². The SMILES string of the molecule is Nc1cccc2c1C1c3ccccc3C2c2cccc(N)c21. The summed E-state index contributed by atoms with van der Waals surface area (Å²) in [5.41, 5.74) is 22.4. The predicted molar refractivity (Wildman–Crippen MR) is 90.0 cm³/mol. The topological polar surface area (TPSA) is 52.0 Å². The summed E-state index contributed by atoms with van der Waals surface area (Å²) in [5.74, 6) is 0.409. The van der Waals surface area contributed by atoms with Crippen LogP contribution in [0.25, 0.3) is 0 Å². The molecule has 0 aromatic heterocycles. The maximum atomic E-state index is 6.35. The van der Waals surface area contributed by atoms with Crippen molar-refractivity contribution in [3.63, 3.8) is 0 Å². The van der Waals surface area contributed by atoms with Crippen molar-refractivity contribution in [3.8, 4) is 0 Å². The number of hydrogen-bond acceptors (Lipinski definition) is 2. The van der Waals surface area contributed by atoms with E-state index in [2.05, 4.69) is 48.5 Å². The monoisotopic (exact) mass is 284 g/mol. The molecule has 0 saturated carbocycles. The highest BCUT2D eigenvalue weighted by Gasteiger charge is 2.42. The number of rotatable bonds is 0. The Morgan fingerprint density at radius 2 is 0.955 bits per heavy atom. The maximum absolute atomic E-state index is 6.35. The van der Waals surface area contributed by atoms with Gasteiger partial charge in [-0.2, -0.15) is 0 Å². The van der Waals surface area contributed by atoms with Crippen LogP contribution in [0.15, 0.2) is 60.7 Å². The molecule has 2 nitrogen and oxygen atoms in total. The number of nitrogen functional groups attached to an aromatic ring is 2. The molecule has 0 unspecified atom stereocenters. The summed E-state index contributed by atoms with van der Waals surface area (Å²) in [7, 11) is 0. The first-order chi connectivity index (χ1) is 10.8. The molecule has 0 radical (unpaired) electrons. The third-order valence-corrected chi connectivity index (χ3v) is 5.16. The first-order valence-corrected chi connectivity index (χ1v) is 7.62. The van der Waals surface area contributed by atoms with Crippen LogP contribution in [0.5, 0.6) is 0 Å². The zero-order valence-electron chi connectivity index (χ0n) is 12.1. The molecule has 4 N–H and O–H groups in total. The van der Waals surface area contributed by atoms with E-state index in [1.807, 2.05) is 12.1 Å². The van der Waals surface area contributed by atoms with Crippen molar-refractivity contribution in [2.45, 2.75) is 11.8 Å². The van der Waals surface area contributed by atoms with Gasteiger partial charge in [0.05, 0.1) is 0 Å². The predicted octanol–water partition coefficient (Wildman–Crippen LogP) is 3.84. The number of nitrogens with two attached hydrogens (primary N) is 2. The van der Waals surface area contributed by atoms with Gasteiger partial charge in [0.2, 0.25) is 0 Å². The van der Waals surface area contributed by atoms with Crippen molar-refractivity contribution < 1.29 is 0 Å². The normalized spacial score (nSPS) is 20.2. The van der Waals surface area contributed by atoms with Gasteiger partial charge in [-0.1, -0.05) is 48.5 Å². The van der Waals surface area contributed by atoms with Gasteiger partial charge in [-0.05, 0) is 45.5 Å². The van der Waals surface area contributed by atoms with E-state index in [1.165, 1.54) is 33.4 Å². The van der Waals surface area contributed by atoms with Gasteiger partial charge in [-0.3, -0.25) is 0 Å². The molecule has 22 heavy (non-hydrogen) atoms. The van der Waals surface area contributed by atoms with Gasteiger partial charge in [-0.25, -0.2) is 0 Å². The van der Waals surface area contributed by atoms with E-state index >= 15 is 0 Å². The van der Waals surface area contributed by atoms with Crippen molar-refractivity contribution in [3.05, 3.63) is 94.0 Å². The molecule has 2 heteroatoms. The van der Waals surface area contributed by atoms with Crippen molar-refractivity contribution in [2.24, 2.45) is 0 Å². The first kappa shape index (κ1) is 11.9. The summed E-state index contributed by atoms with van der Waals surface area (Å²) >= 11 is 0. The van der Waals surface area contributed by atoms with Crippen LogP contribution in [0, 0.1) is 0 Å². The summed E-state index contributed by atoms with van der Waals surface area (Å²) in [4.78, 5) is 0. The van der Waals surface area contributed by atoms with Crippen LogP contribution >= 0.6 is 0 Å². The minimum Gasteiger partial charge on any atom is -0.398 e. The number of hydrogen-bond donors (Lipinski definition) is 2. The van der Waals surface area contributed by atoms with E-state index in [0.29, 0.717) is 0 Å². The molecule has 2 bridgehead atoms. The Bertz CT molecular complexity index is 873. The highest BCUT2D eigenvalue weighted by molar-refractivity contribution is 5.76. The highest BCUT2D eigenvalue weighted by atomic mass is 14.6. The minimum atomic E-state index is 0.161. The molecule has 3 aromatic rings. The zero-order valence-corrected chi connectivity index (χ0v) is 12.1. The summed E-state index contributed by atoms with van der Waals surface area (Å²) in [6.07, 6.45) is 0. The van der Waals surface area contributed by atoms with Crippen LogP contribution in [0.2, 0.25) is 0 Å². The second-order valence-electron chi connectivity index (χ2n) is 6.20. The Hall–Kier alpha value is -2.74. The molecule has 0 aliphatic heterocycles. The van der Waals surface area contributed by atoms with Gasteiger partial charge >= 0.3 is 0 Å². The standard InChI is InChI=1S/C20H16N2/c21-15-9-3-7-13-17-11-5-1-2-6-12(11)20(18(13)15)19-14(17)8-4-10-16(19)22/h1-10,17,20H,21-22H2. The zero-order chi connectivity index (χ0) is 14.8. The minimum absolute atomic E-state index is 0.161. The van der Waals surface area contributed by atoms with Gasteiger partial charge in [0.25, 0.3) is 0 Å². The van der Waals surface area contributed by atoms with Crippen LogP contribution < -0.4 is 11.5 Å². The molecule has 3 aliphatic carbocycles.